The Kier molecular flexibility index (Phi) is 3.73. The molecule has 1 aliphatic rings. The zero-order valence-corrected chi connectivity index (χ0v) is 9.65. The Bertz CT molecular complexity index is 469. The van der Waals surface area contributed by atoms with Gasteiger partial charge in [-0.15, -0.1) is 0 Å². The number of benzene rings is 1. The minimum atomic E-state index is -0.431. The molecule has 0 saturated carbocycles. The zero-order valence-electron chi connectivity index (χ0n) is 9.65. The standard InChI is InChI=1S/C11H13N3O4/c15-12-8-9-1-2-10(11(7-9)14(16)17)13-3-5-18-6-4-13/h1-2,7-8,15H,3-6H2. The molecule has 1 aromatic rings. The van der Waals surface area contributed by atoms with Crippen LogP contribution in [-0.4, -0.2) is 42.6 Å². The molecule has 96 valence electrons. The Balaban J connectivity index is 2.36. The molecule has 0 unspecified atom stereocenters. The van der Waals surface area contributed by atoms with Crippen LogP contribution in [0.4, 0.5) is 11.4 Å². The molecule has 0 atom stereocenters. The van der Waals surface area contributed by atoms with Crippen molar-refractivity contribution in [2.75, 3.05) is 31.2 Å². The van der Waals surface area contributed by atoms with Gasteiger partial charge in [-0.05, 0) is 6.07 Å². The van der Waals surface area contributed by atoms with Crippen LogP contribution >= 0.6 is 0 Å². The maximum absolute atomic E-state index is 11.1. The van der Waals surface area contributed by atoms with Crippen molar-refractivity contribution >= 4 is 17.6 Å². The number of nitro groups is 1. The van der Waals surface area contributed by atoms with Crippen molar-refractivity contribution in [2.45, 2.75) is 0 Å². The number of anilines is 1. The van der Waals surface area contributed by atoms with Crippen molar-refractivity contribution in [3.05, 3.63) is 33.9 Å². The van der Waals surface area contributed by atoms with Crippen LogP contribution in [0.15, 0.2) is 23.4 Å². The highest BCUT2D eigenvalue weighted by Gasteiger charge is 2.21. The molecule has 1 saturated heterocycles. The molecule has 18 heavy (non-hydrogen) atoms. The summed E-state index contributed by atoms with van der Waals surface area (Å²) < 4.78 is 5.22. The van der Waals surface area contributed by atoms with Crippen LogP contribution in [0.2, 0.25) is 0 Å². The van der Waals surface area contributed by atoms with Crippen molar-refractivity contribution in [2.24, 2.45) is 5.16 Å². The number of rotatable bonds is 3. The molecule has 0 aromatic heterocycles. The van der Waals surface area contributed by atoms with Gasteiger partial charge in [0.25, 0.3) is 5.69 Å². The lowest BCUT2D eigenvalue weighted by Gasteiger charge is -2.28. The van der Waals surface area contributed by atoms with Gasteiger partial charge < -0.3 is 14.8 Å². The average molecular weight is 251 g/mol. The van der Waals surface area contributed by atoms with E-state index in [0.717, 1.165) is 6.21 Å². The van der Waals surface area contributed by atoms with Crippen LogP contribution in [0.25, 0.3) is 0 Å². The highest BCUT2D eigenvalue weighted by Crippen LogP contribution is 2.29. The first kappa shape index (κ1) is 12.3. The lowest BCUT2D eigenvalue weighted by molar-refractivity contribution is -0.384. The molecule has 0 spiro atoms. The Morgan fingerprint density at radius 3 is 2.78 bits per heavy atom. The number of nitrogens with zero attached hydrogens (tertiary/aromatic N) is 3. The van der Waals surface area contributed by atoms with Crippen LogP contribution in [0.5, 0.6) is 0 Å². The van der Waals surface area contributed by atoms with Gasteiger partial charge in [-0.1, -0.05) is 11.2 Å². The van der Waals surface area contributed by atoms with Crippen LogP contribution in [0.3, 0.4) is 0 Å². The number of ether oxygens (including phenoxy) is 1. The highest BCUT2D eigenvalue weighted by atomic mass is 16.6. The third kappa shape index (κ3) is 2.57. The number of hydrogen-bond donors (Lipinski definition) is 1. The normalized spacial score (nSPS) is 16.1. The molecule has 1 heterocycles. The molecular formula is C11H13N3O4. The fourth-order valence-corrected chi connectivity index (χ4v) is 1.91. The van der Waals surface area contributed by atoms with E-state index < -0.39 is 4.92 Å². The molecule has 1 aromatic carbocycles. The summed E-state index contributed by atoms with van der Waals surface area (Å²) in [6, 6.07) is 4.74. The van der Waals surface area contributed by atoms with E-state index in [-0.39, 0.29) is 5.69 Å². The van der Waals surface area contributed by atoms with Crippen LogP contribution < -0.4 is 4.90 Å². The summed E-state index contributed by atoms with van der Waals surface area (Å²) in [4.78, 5) is 12.5. The molecular weight excluding hydrogens is 238 g/mol. The minimum Gasteiger partial charge on any atom is -0.411 e. The number of oxime groups is 1. The second kappa shape index (κ2) is 5.46. The maximum Gasteiger partial charge on any atom is 0.293 e. The van der Waals surface area contributed by atoms with Crippen LogP contribution in [0.1, 0.15) is 5.56 Å². The van der Waals surface area contributed by atoms with Gasteiger partial charge in [0.2, 0.25) is 0 Å². The van der Waals surface area contributed by atoms with Gasteiger partial charge in [0, 0.05) is 24.7 Å². The van der Waals surface area contributed by atoms with E-state index >= 15 is 0 Å². The van der Waals surface area contributed by atoms with E-state index in [4.69, 9.17) is 9.94 Å². The minimum absolute atomic E-state index is 0.00861. The molecule has 0 aliphatic carbocycles. The lowest BCUT2D eigenvalue weighted by atomic mass is 10.1. The van der Waals surface area contributed by atoms with Gasteiger partial charge >= 0.3 is 0 Å². The first-order valence-corrected chi connectivity index (χ1v) is 5.51. The quantitative estimate of drug-likeness (QED) is 0.378. The first-order chi connectivity index (χ1) is 8.72. The Hall–Kier alpha value is -2.15. The Morgan fingerprint density at radius 2 is 2.17 bits per heavy atom. The third-order valence-corrected chi connectivity index (χ3v) is 2.75. The van der Waals surface area contributed by atoms with Crippen molar-refractivity contribution in [3.63, 3.8) is 0 Å². The second-order valence-electron chi connectivity index (χ2n) is 3.85. The SMILES string of the molecule is O=[N+]([O-])c1cc(C=NO)ccc1N1CCOCC1. The summed E-state index contributed by atoms with van der Waals surface area (Å²) in [5, 5.41) is 22.4. The monoisotopic (exact) mass is 251 g/mol. The summed E-state index contributed by atoms with van der Waals surface area (Å²) in [6.07, 6.45) is 1.16. The van der Waals surface area contributed by atoms with Crippen molar-refractivity contribution in [1.29, 1.82) is 0 Å². The van der Waals surface area contributed by atoms with Gasteiger partial charge in [-0.25, -0.2) is 0 Å². The third-order valence-electron chi connectivity index (χ3n) is 2.75. The van der Waals surface area contributed by atoms with E-state index in [0.29, 0.717) is 37.6 Å². The van der Waals surface area contributed by atoms with Crippen LogP contribution in [0, 0.1) is 10.1 Å². The largest absolute Gasteiger partial charge is 0.411 e. The van der Waals surface area contributed by atoms with E-state index in [1.807, 2.05) is 4.90 Å². The molecule has 1 aliphatic heterocycles. The smallest absolute Gasteiger partial charge is 0.293 e. The second-order valence-corrected chi connectivity index (χ2v) is 3.85. The average Bonchev–Trinajstić information content (AvgIpc) is 2.40. The van der Waals surface area contributed by atoms with Crippen molar-refractivity contribution in [3.8, 4) is 0 Å². The van der Waals surface area contributed by atoms with E-state index in [2.05, 4.69) is 5.16 Å². The van der Waals surface area contributed by atoms with Crippen molar-refractivity contribution < 1.29 is 14.9 Å². The number of nitro benzene ring substituents is 1. The predicted octanol–water partition coefficient (Wildman–Crippen LogP) is 1.24. The Morgan fingerprint density at radius 1 is 1.44 bits per heavy atom. The molecule has 0 bridgehead atoms. The summed E-state index contributed by atoms with van der Waals surface area (Å²) in [6.45, 7) is 2.40. The van der Waals surface area contributed by atoms with E-state index in [9.17, 15) is 10.1 Å². The fourth-order valence-electron chi connectivity index (χ4n) is 1.91. The van der Waals surface area contributed by atoms with Gasteiger partial charge in [0.05, 0.1) is 24.4 Å². The molecule has 7 nitrogen and oxygen atoms in total. The lowest BCUT2D eigenvalue weighted by Crippen LogP contribution is -2.36. The molecule has 0 radical (unpaired) electrons. The molecule has 1 N–H and O–H groups in total. The van der Waals surface area contributed by atoms with E-state index in [1.54, 1.807) is 12.1 Å². The fraction of sp³-hybridized carbons (Fsp3) is 0.364. The topological polar surface area (TPSA) is 88.2 Å². The van der Waals surface area contributed by atoms with Gasteiger partial charge in [-0.2, -0.15) is 0 Å². The first-order valence-electron chi connectivity index (χ1n) is 5.51. The molecule has 1 fully saturated rings. The van der Waals surface area contributed by atoms with Gasteiger partial charge in [0.1, 0.15) is 5.69 Å². The molecule has 0 amide bonds. The number of hydrogen-bond acceptors (Lipinski definition) is 6. The summed E-state index contributed by atoms with van der Waals surface area (Å²) in [5.74, 6) is 0. The van der Waals surface area contributed by atoms with E-state index in [1.165, 1.54) is 6.07 Å². The zero-order chi connectivity index (χ0) is 13.0. The van der Waals surface area contributed by atoms with Crippen molar-refractivity contribution in [1.82, 2.24) is 0 Å². The summed E-state index contributed by atoms with van der Waals surface area (Å²) >= 11 is 0. The van der Waals surface area contributed by atoms with Gasteiger partial charge in [-0.3, -0.25) is 10.1 Å². The highest BCUT2D eigenvalue weighted by molar-refractivity contribution is 5.82. The van der Waals surface area contributed by atoms with Crippen LogP contribution in [-0.2, 0) is 4.74 Å². The maximum atomic E-state index is 11.1. The predicted molar refractivity (Wildman–Crippen MR) is 65.5 cm³/mol. The molecule has 7 heteroatoms. The molecule has 2 rings (SSSR count). The summed E-state index contributed by atoms with van der Waals surface area (Å²) in [5.41, 5.74) is 1.06. The van der Waals surface area contributed by atoms with Gasteiger partial charge in [0.15, 0.2) is 0 Å². The Labute approximate surface area is 103 Å². The summed E-state index contributed by atoms with van der Waals surface area (Å²) in [7, 11) is 0. The number of morpholine rings is 1.